The molecule has 1 aromatic rings. The summed E-state index contributed by atoms with van der Waals surface area (Å²) in [5.74, 6) is -0.565. The number of rotatable bonds is 2. The molecule has 0 aliphatic rings. The molecule has 1 aromatic carbocycles. The number of anilines is 1. The van der Waals surface area contributed by atoms with Crippen LogP contribution in [0.25, 0.3) is 0 Å². The summed E-state index contributed by atoms with van der Waals surface area (Å²) in [7, 11) is 0. The van der Waals surface area contributed by atoms with Crippen molar-refractivity contribution in [3.05, 3.63) is 29.6 Å². The lowest BCUT2D eigenvalue weighted by molar-refractivity contribution is -0.115. The summed E-state index contributed by atoms with van der Waals surface area (Å²) < 4.78 is 13.1. The average Bonchev–Trinajstić information content (AvgIpc) is 2.09. The first kappa shape index (κ1) is 9.71. The van der Waals surface area contributed by atoms with Gasteiger partial charge in [-0.25, -0.2) is 4.39 Å². The summed E-state index contributed by atoms with van der Waals surface area (Å²) >= 11 is 0. The van der Waals surface area contributed by atoms with Gasteiger partial charge in [-0.05, 0) is 24.6 Å². The van der Waals surface area contributed by atoms with Gasteiger partial charge in [-0.2, -0.15) is 0 Å². The van der Waals surface area contributed by atoms with Crippen LogP contribution in [0.1, 0.15) is 20.3 Å². The highest BCUT2D eigenvalue weighted by Gasteiger charge is 2.04. The Morgan fingerprint density at radius 1 is 1.62 bits per heavy atom. The van der Waals surface area contributed by atoms with Crippen LogP contribution in [-0.2, 0) is 4.79 Å². The van der Waals surface area contributed by atoms with Crippen LogP contribution in [0.5, 0.6) is 0 Å². The molecule has 13 heavy (non-hydrogen) atoms. The third-order valence-corrected chi connectivity index (χ3v) is 1.72. The normalized spacial score (nSPS) is 9.77. The standard InChI is InChI=1S/C10H12FNO.H2/c1-3-10(13)12-9-5-4-7(2)6-8(9)11;/h4-6H,3H2,1-2H3,(H,12,13);1H. The van der Waals surface area contributed by atoms with Gasteiger partial charge in [0.2, 0.25) is 5.91 Å². The molecule has 0 heterocycles. The lowest BCUT2D eigenvalue weighted by Crippen LogP contribution is -2.10. The molecule has 0 unspecified atom stereocenters. The van der Waals surface area contributed by atoms with E-state index in [-0.39, 0.29) is 18.8 Å². The van der Waals surface area contributed by atoms with Gasteiger partial charge in [0, 0.05) is 7.85 Å². The Morgan fingerprint density at radius 3 is 2.85 bits per heavy atom. The van der Waals surface area contributed by atoms with Gasteiger partial charge in [0.05, 0.1) is 5.69 Å². The third kappa shape index (κ3) is 2.54. The summed E-state index contributed by atoms with van der Waals surface area (Å²) in [5, 5.41) is 2.47. The summed E-state index contributed by atoms with van der Waals surface area (Å²) in [4.78, 5) is 10.9. The summed E-state index contributed by atoms with van der Waals surface area (Å²) in [6.07, 6.45) is 0.354. The van der Waals surface area contributed by atoms with Gasteiger partial charge >= 0.3 is 0 Å². The number of amides is 1. The largest absolute Gasteiger partial charge is 0.324 e. The highest BCUT2D eigenvalue weighted by Crippen LogP contribution is 2.15. The highest BCUT2D eigenvalue weighted by molar-refractivity contribution is 5.90. The van der Waals surface area contributed by atoms with E-state index in [0.29, 0.717) is 6.42 Å². The van der Waals surface area contributed by atoms with Gasteiger partial charge in [-0.1, -0.05) is 13.0 Å². The Kier molecular flexibility index (Phi) is 3.01. The van der Waals surface area contributed by atoms with Crippen LogP contribution in [0.4, 0.5) is 10.1 Å². The second-order valence-electron chi connectivity index (χ2n) is 2.89. The highest BCUT2D eigenvalue weighted by atomic mass is 19.1. The van der Waals surface area contributed by atoms with E-state index in [9.17, 15) is 9.18 Å². The molecule has 0 aliphatic heterocycles. The molecule has 0 aliphatic carbocycles. The van der Waals surface area contributed by atoms with E-state index in [1.54, 1.807) is 26.0 Å². The maximum Gasteiger partial charge on any atom is 0.224 e. The number of carbonyl (C=O) groups is 1. The molecule has 1 rings (SSSR count). The zero-order chi connectivity index (χ0) is 9.84. The Balaban J connectivity index is 0.00000169. The van der Waals surface area contributed by atoms with Gasteiger partial charge in [0.15, 0.2) is 0 Å². The van der Waals surface area contributed by atoms with Crippen molar-refractivity contribution in [2.75, 3.05) is 5.32 Å². The van der Waals surface area contributed by atoms with Crippen molar-refractivity contribution >= 4 is 11.6 Å². The molecule has 2 nitrogen and oxygen atoms in total. The minimum Gasteiger partial charge on any atom is -0.324 e. The van der Waals surface area contributed by atoms with Crippen molar-refractivity contribution in [2.45, 2.75) is 20.3 Å². The van der Waals surface area contributed by atoms with Crippen molar-refractivity contribution in [1.29, 1.82) is 0 Å². The Morgan fingerprint density at radius 2 is 2.31 bits per heavy atom. The first-order chi connectivity index (χ1) is 6.13. The van der Waals surface area contributed by atoms with Crippen molar-refractivity contribution in [3.63, 3.8) is 0 Å². The van der Waals surface area contributed by atoms with E-state index in [1.165, 1.54) is 6.07 Å². The van der Waals surface area contributed by atoms with Gasteiger partial charge in [0.25, 0.3) is 0 Å². The Bertz CT molecular complexity index is 328. The van der Waals surface area contributed by atoms with E-state index in [4.69, 9.17) is 0 Å². The molecule has 0 spiro atoms. The third-order valence-electron chi connectivity index (χ3n) is 1.72. The Hall–Kier alpha value is -1.38. The molecule has 0 atom stereocenters. The summed E-state index contributed by atoms with van der Waals surface area (Å²) in [6.45, 7) is 3.52. The van der Waals surface area contributed by atoms with Gasteiger partial charge in [0.1, 0.15) is 5.82 Å². The van der Waals surface area contributed by atoms with Crippen LogP contribution in [0.15, 0.2) is 18.2 Å². The van der Waals surface area contributed by atoms with Crippen LogP contribution in [0.3, 0.4) is 0 Å². The predicted molar refractivity (Wildman–Crippen MR) is 52.2 cm³/mol. The maximum atomic E-state index is 13.1. The van der Waals surface area contributed by atoms with Crippen molar-refractivity contribution in [2.24, 2.45) is 0 Å². The summed E-state index contributed by atoms with van der Waals surface area (Å²) in [6, 6.07) is 4.72. The van der Waals surface area contributed by atoms with Crippen LogP contribution in [0.2, 0.25) is 0 Å². The smallest absolute Gasteiger partial charge is 0.224 e. The van der Waals surface area contributed by atoms with E-state index in [0.717, 1.165) is 5.56 Å². The number of hydrogen-bond acceptors (Lipinski definition) is 1. The number of carbonyl (C=O) groups excluding carboxylic acids is 1. The monoisotopic (exact) mass is 183 g/mol. The molecule has 0 saturated carbocycles. The second kappa shape index (κ2) is 4.03. The number of hydrogen-bond donors (Lipinski definition) is 1. The fourth-order valence-corrected chi connectivity index (χ4v) is 0.960. The van der Waals surface area contributed by atoms with Crippen LogP contribution < -0.4 is 5.32 Å². The van der Waals surface area contributed by atoms with E-state index >= 15 is 0 Å². The van der Waals surface area contributed by atoms with Crippen LogP contribution >= 0.6 is 0 Å². The van der Waals surface area contributed by atoms with Gasteiger partial charge in [-0.15, -0.1) is 0 Å². The maximum absolute atomic E-state index is 13.1. The molecule has 3 heteroatoms. The zero-order valence-corrected chi connectivity index (χ0v) is 7.73. The minimum atomic E-state index is -0.387. The topological polar surface area (TPSA) is 29.1 Å². The molecule has 0 bridgehead atoms. The van der Waals surface area contributed by atoms with Gasteiger partial charge < -0.3 is 5.32 Å². The predicted octanol–water partition coefficient (Wildman–Crippen LogP) is 2.73. The fourth-order valence-electron chi connectivity index (χ4n) is 0.960. The first-order valence-corrected chi connectivity index (χ1v) is 4.19. The molecule has 0 fully saturated rings. The number of halogens is 1. The zero-order valence-electron chi connectivity index (χ0n) is 7.73. The molecule has 0 radical (unpaired) electrons. The van der Waals surface area contributed by atoms with Crippen molar-refractivity contribution < 1.29 is 10.6 Å². The Labute approximate surface area is 78.3 Å². The number of nitrogens with one attached hydrogen (secondary N) is 1. The van der Waals surface area contributed by atoms with E-state index < -0.39 is 0 Å². The molecule has 1 N–H and O–H groups in total. The molecule has 0 aromatic heterocycles. The molecular formula is C10H14FNO. The van der Waals surface area contributed by atoms with Crippen molar-refractivity contribution in [1.82, 2.24) is 0 Å². The van der Waals surface area contributed by atoms with E-state index in [2.05, 4.69) is 5.32 Å². The molecule has 1 amide bonds. The lowest BCUT2D eigenvalue weighted by Gasteiger charge is -2.04. The van der Waals surface area contributed by atoms with Gasteiger partial charge in [-0.3, -0.25) is 4.79 Å². The number of aryl methyl sites for hydroxylation is 1. The molecule has 72 valence electrons. The lowest BCUT2D eigenvalue weighted by atomic mass is 10.2. The quantitative estimate of drug-likeness (QED) is 0.750. The van der Waals surface area contributed by atoms with Crippen LogP contribution in [-0.4, -0.2) is 5.91 Å². The minimum absolute atomic E-state index is 0. The fraction of sp³-hybridized carbons (Fsp3) is 0.300. The summed E-state index contributed by atoms with van der Waals surface area (Å²) in [5.41, 5.74) is 1.09. The van der Waals surface area contributed by atoms with E-state index in [1.807, 2.05) is 0 Å². The SMILES string of the molecule is CCC(=O)Nc1ccc(C)cc1F.[HH]. The van der Waals surface area contributed by atoms with Crippen molar-refractivity contribution in [3.8, 4) is 0 Å². The first-order valence-electron chi connectivity index (χ1n) is 4.19. The van der Waals surface area contributed by atoms with Crippen LogP contribution in [0, 0.1) is 12.7 Å². The molecular weight excluding hydrogens is 169 g/mol. The second-order valence-corrected chi connectivity index (χ2v) is 2.89. The molecule has 0 saturated heterocycles. The average molecular weight is 183 g/mol. The number of benzene rings is 1.